The van der Waals surface area contributed by atoms with Crippen LogP contribution in [0.1, 0.15) is 38.3 Å². The zero-order chi connectivity index (χ0) is 15.1. The van der Waals surface area contributed by atoms with Crippen LogP contribution in [0.3, 0.4) is 0 Å². The van der Waals surface area contributed by atoms with Gasteiger partial charge in [-0.15, -0.1) is 0 Å². The minimum Gasteiger partial charge on any atom is -0.399 e. The van der Waals surface area contributed by atoms with Crippen molar-refractivity contribution in [2.45, 2.75) is 33.6 Å². The second-order valence-corrected chi connectivity index (χ2v) is 5.04. The summed E-state index contributed by atoms with van der Waals surface area (Å²) in [7, 11) is 0. The SMILES string of the molecule is C=C(N)/C=C(/c1ccc(CC)cc1)N(CCC)C(=C)C. The Balaban J connectivity index is 3.23. The number of hydrogen-bond donors (Lipinski definition) is 1. The van der Waals surface area contributed by atoms with Crippen molar-refractivity contribution in [3.05, 3.63) is 66.0 Å². The van der Waals surface area contributed by atoms with Gasteiger partial charge in [-0.25, -0.2) is 0 Å². The van der Waals surface area contributed by atoms with Crippen molar-refractivity contribution in [2.24, 2.45) is 5.73 Å². The molecular formula is C18H26N2. The average Bonchev–Trinajstić information content (AvgIpc) is 2.42. The van der Waals surface area contributed by atoms with Crippen LogP contribution in [0.15, 0.2) is 54.9 Å². The van der Waals surface area contributed by atoms with Gasteiger partial charge in [-0.3, -0.25) is 0 Å². The third-order valence-corrected chi connectivity index (χ3v) is 3.18. The molecule has 0 aliphatic rings. The van der Waals surface area contributed by atoms with Crippen molar-refractivity contribution in [3.8, 4) is 0 Å². The Labute approximate surface area is 123 Å². The summed E-state index contributed by atoms with van der Waals surface area (Å²) < 4.78 is 0. The van der Waals surface area contributed by atoms with Gasteiger partial charge in [0.25, 0.3) is 0 Å². The molecule has 0 saturated heterocycles. The summed E-state index contributed by atoms with van der Waals surface area (Å²) in [4.78, 5) is 2.19. The maximum absolute atomic E-state index is 5.79. The molecule has 0 radical (unpaired) electrons. The highest BCUT2D eigenvalue weighted by Gasteiger charge is 2.12. The zero-order valence-electron chi connectivity index (χ0n) is 12.9. The Kier molecular flexibility index (Phi) is 6.10. The summed E-state index contributed by atoms with van der Waals surface area (Å²) >= 11 is 0. The van der Waals surface area contributed by atoms with Crippen molar-refractivity contribution in [3.63, 3.8) is 0 Å². The fourth-order valence-corrected chi connectivity index (χ4v) is 2.14. The van der Waals surface area contributed by atoms with Gasteiger partial charge in [0.05, 0.1) is 5.70 Å². The van der Waals surface area contributed by atoms with Gasteiger partial charge >= 0.3 is 0 Å². The molecule has 1 aromatic rings. The molecule has 0 saturated carbocycles. The monoisotopic (exact) mass is 270 g/mol. The third-order valence-electron chi connectivity index (χ3n) is 3.18. The summed E-state index contributed by atoms with van der Waals surface area (Å²) in [6.07, 6.45) is 4.02. The maximum atomic E-state index is 5.79. The van der Waals surface area contributed by atoms with Gasteiger partial charge in [-0.1, -0.05) is 51.3 Å². The Morgan fingerprint density at radius 3 is 2.20 bits per heavy atom. The second kappa shape index (κ2) is 7.59. The lowest BCUT2D eigenvalue weighted by atomic mass is 10.1. The van der Waals surface area contributed by atoms with E-state index in [-0.39, 0.29) is 0 Å². The normalized spacial score (nSPS) is 11.2. The summed E-state index contributed by atoms with van der Waals surface area (Å²) in [5.74, 6) is 0. The minimum absolute atomic E-state index is 0.557. The van der Waals surface area contributed by atoms with Crippen LogP contribution in [-0.4, -0.2) is 11.4 Å². The third kappa shape index (κ3) is 4.30. The van der Waals surface area contributed by atoms with Gasteiger partial charge in [-0.05, 0) is 37.0 Å². The summed E-state index contributed by atoms with van der Waals surface area (Å²) in [6, 6.07) is 8.59. The molecule has 0 aliphatic carbocycles. The fourth-order valence-electron chi connectivity index (χ4n) is 2.14. The lowest BCUT2D eigenvalue weighted by molar-refractivity contribution is 0.487. The summed E-state index contributed by atoms with van der Waals surface area (Å²) in [6.45, 7) is 15.1. The van der Waals surface area contributed by atoms with Crippen LogP contribution in [0.25, 0.3) is 5.70 Å². The van der Waals surface area contributed by atoms with Gasteiger partial charge < -0.3 is 10.6 Å². The van der Waals surface area contributed by atoms with Crippen molar-refractivity contribution in [1.29, 1.82) is 0 Å². The van der Waals surface area contributed by atoms with E-state index in [0.717, 1.165) is 36.3 Å². The Hall–Kier alpha value is -1.96. The van der Waals surface area contributed by atoms with E-state index in [1.165, 1.54) is 5.56 Å². The van der Waals surface area contributed by atoms with Crippen LogP contribution in [0.4, 0.5) is 0 Å². The van der Waals surface area contributed by atoms with E-state index in [1.54, 1.807) is 0 Å². The summed E-state index contributed by atoms with van der Waals surface area (Å²) in [5, 5.41) is 0. The predicted molar refractivity (Wildman–Crippen MR) is 88.9 cm³/mol. The molecule has 0 aliphatic heterocycles. The van der Waals surface area contributed by atoms with Gasteiger partial charge in [0, 0.05) is 17.9 Å². The molecule has 1 rings (SSSR count). The molecule has 0 spiro atoms. The molecule has 0 fully saturated rings. The average molecular weight is 270 g/mol. The van der Waals surface area contributed by atoms with Crippen LogP contribution in [0.2, 0.25) is 0 Å². The molecule has 0 aromatic heterocycles. The Morgan fingerprint density at radius 2 is 1.80 bits per heavy atom. The van der Waals surface area contributed by atoms with E-state index < -0.39 is 0 Å². The highest BCUT2D eigenvalue weighted by molar-refractivity contribution is 5.68. The van der Waals surface area contributed by atoms with Crippen LogP contribution in [-0.2, 0) is 6.42 Å². The molecule has 2 N–H and O–H groups in total. The fraction of sp³-hybridized carbons (Fsp3) is 0.333. The first-order chi connectivity index (χ1) is 9.49. The minimum atomic E-state index is 0.557. The topological polar surface area (TPSA) is 29.3 Å². The number of allylic oxidation sites excluding steroid dienone is 2. The molecular weight excluding hydrogens is 244 g/mol. The molecule has 1 aromatic carbocycles. The Morgan fingerprint density at radius 1 is 1.20 bits per heavy atom. The molecule has 2 heteroatoms. The number of aryl methyl sites for hydroxylation is 1. The van der Waals surface area contributed by atoms with Gasteiger partial charge in [0.1, 0.15) is 0 Å². The first-order valence-electron chi connectivity index (χ1n) is 7.18. The molecule has 0 bridgehead atoms. The van der Waals surface area contributed by atoms with E-state index >= 15 is 0 Å². The van der Waals surface area contributed by atoms with Gasteiger partial charge in [0.15, 0.2) is 0 Å². The number of benzene rings is 1. The highest BCUT2D eigenvalue weighted by Crippen LogP contribution is 2.24. The largest absolute Gasteiger partial charge is 0.399 e. The predicted octanol–water partition coefficient (Wildman–Crippen LogP) is 4.31. The van der Waals surface area contributed by atoms with Crippen molar-refractivity contribution in [2.75, 3.05) is 6.54 Å². The molecule has 0 unspecified atom stereocenters. The smallest absolute Gasteiger partial charge is 0.0501 e. The van der Waals surface area contributed by atoms with Crippen LogP contribution >= 0.6 is 0 Å². The maximum Gasteiger partial charge on any atom is 0.0501 e. The van der Waals surface area contributed by atoms with Crippen LogP contribution in [0.5, 0.6) is 0 Å². The number of nitrogens with two attached hydrogens (primary N) is 1. The number of hydrogen-bond acceptors (Lipinski definition) is 2. The zero-order valence-corrected chi connectivity index (χ0v) is 12.9. The summed E-state index contributed by atoms with van der Waals surface area (Å²) in [5.41, 5.74) is 10.9. The van der Waals surface area contributed by atoms with Crippen molar-refractivity contribution in [1.82, 2.24) is 4.90 Å². The first-order valence-corrected chi connectivity index (χ1v) is 7.18. The quantitative estimate of drug-likeness (QED) is 0.748. The second-order valence-electron chi connectivity index (χ2n) is 5.04. The molecule has 0 atom stereocenters. The number of nitrogens with zero attached hydrogens (tertiary/aromatic N) is 1. The van der Waals surface area contributed by atoms with Crippen molar-refractivity contribution >= 4 is 5.70 Å². The first kappa shape index (κ1) is 16.1. The molecule has 2 nitrogen and oxygen atoms in total. The van der Waals surface area contributed by atoms with Crippen LogP contribution < -0.4 is 5.73 Å². The standard InChI is InChI=1S/C18H26N2/c1-6-12-20(14(3)4)18(13-15(5)19)17-10-8-16(7-2)9-11-17/h8-11,13H,3,5-7,12,19H2,1-2,4H3/b18-13-. The Bertz CT molecular complexity index is 495. The van der Waals surface area contributed by atoms with Gasteiger partial charge in [-0.2, -0.15) is 0 Å². The van der Waals surface area contributed by atoms with E-state index in [4.69, 9.17) is 5.73 Å². The van der Waals surface area contributed by atoms with Gasteiger partial charge in [0.2, 0.25) is 0 Å². The van der Waals surface area contributed by atoms with E-state index in [9.17, 15) is 0 Å². The molecule has 20 heavy (non-hydrogen) atoms. The lowest BCUT2D eigenvalue weighted by Gasteiger charge is -2.28. The number of rotatable bonds is 7. The van der Waals surface area contributed by atoms with E-state index in [2.05, 4.69) is 56.2 Å². The molecule has 0 amide bonds. The lowest BCUT2D eigenvalue weighted by Crippen LogP contribution is -2.21. The van der Waals surface area contributed by atoms with Crippen LogP contribution in [0, 0.1) is 0 Å². The van der Waals surface area contributed by atoms with E-state index in [0.29, 0.717) is 5.70 Å². The highest BCUT2D eigenvalue weighted by atomic mass is 15.1. The van der Waals surface area contributed by atoms with Crippen molar-refractivity contribution < 1.29 is 0 Å². The van der Waals surface area contributed by atoms with E-state index in [1.807, 2.05) is 13.0 Å². The molecule has 0 heterocycles. The molecule has 108 valence electrons.